The zero-order valence-electron chi connectivity index (χ0n) is 16.4. The number of hydrogen-bond acceptors (Lipinski definition) is 5. The fraction of sp³-hybridized carbons (Fsp3) is 0.500. The number of rotatable bonds is 5. The first-order valence-electron chi connectivity index (χ1n) is 10.3. The lowest BCUT2D eigenvalue weighted by atomic mass is 9.95. The Hall–Kier alpha value is -2.47. The molecule has 0 radical (unpaired) electrons. The van der Waals surface area contributed by atoms with Crippen molar-refractivity contribution in [2.45, 2.75) is 45.1 Å². The third kappa shape index (κ3) is 4.02. The summed E-state index contributed by atoms with van der Waals surface area (Å²) in [7, 11) is 0. The smallest absolute Gasteiger partial charge is 0.223 e. The van der Waals surface area contributed by atoms with Gasteiger partial charge in [0.15, 0.2) is 5.82 Å². The number of carbonyl (C=O) groups excluding carboxylic acids is 1. The van der Waals surface area contributed by atoms with Crippen molar-refractivity contribution in [3.8, 4) is 11.4 Å². The van der Waals surface area contributed by atoms with Crippen molar-refractivity contribution in [3.63, 3.8) is 0 Å². The number of carbonyl (C=O) groups is 1. The summed E-state index contributed by atoms with van der Waals surface area (Å²) in [5, 5.41) is 12.2. The number of aliphatic hydroxyl groups excluding tert-OH is 1. The van der Waals surface area contributed by atoms with Gasteiger partial charge in [-0.2, -0.15) is 0 Å². The number of amides is 1. The van der Waals surface area contributed by atoms with E-state index < -0.39 is 6.10 Å². The summed E-state index contributed by atoms with van der Waals surface area (Å²) in [6.07, 6.45) is 4.30. The van der Waals surface area contributed by atoms with E-state index in [-0.39, 0.29) is 11.8 Å². The molecule has 0 saturated carbocycles. The molecule has 1 atom stereocenters. The minimum atomic E-state index is -0.510. The van der Waals surface area contributed by atoms with E-state index in [1.165, 1.54) is 11.3 Å². The van der Waals surface area contributed by atoms with Gasteiger partial charge in [0.05, 0.1) is 6.10 Å². The van der Waals surface area contributed by atoms with Crippen LogP contribution in [0.1, 0.15) is 37.4 Å². The predicted octanol–water partition coefficient (Wildman–Crippen LogP) is 2.35. The molecule has 1 aliphatic heterocycles. The van der Waals surface area contributed by atoms with Crippen LogP contribution in [0.15, 0.2) is 30.3 Å². The number of fused-ring (bicyclic) bond motifs is 1. The van der Waals surface area contributed by atoms with E-state index in [1.54, 1.807) is 6.92 Å². The minimum absolute atomic E-state index is 0.0125. The molecule has 6 heteroatoms. The molecule has 0 bridgehead atoms. The summed E-state index contributed by atoms with van der Waals surface area (Å²) in [6, 6.07) is 10.1. The Labute approximate surface area is 166 Å². The summed E-state index contributed by atoms with van der Waals surface area (Å²) < 4.78 is 0. The molecule has 148 valence electrons. The predicted molar refractivity (Wildman–Crippen MR) is 109 cm³/mol. The molecule has 1 aromatic heterocycles. The van der Waals surface area contributed by atoms with Gasteiger partial charge >= 0.3 is 0 Å². The van der Waals surface area contributed by atoms with Crippen molar-refractivity contribution in [2.24, 2.45) is 5.92 Å². The fourth-order valence-corrected chi connectivity index (χ4v) is 4.14. The molecule has 1 aromatic carbocycles. The Morgan fingerprint density at radius 3 is 2.68 bits per heavy atom. The maximum atomic E-state index is 12.3. The van der Waals surface area contributed by atoms with Crippen molar-refractivity contribution in [1.82, 2.24) is 15.3 Å². The normalized spacial score (nSPS) is 18.0. The van der Waals surface area contributed by atoms with Crippen LogP contribution in [0.25, 0.3) is 11.4 Å². The van der Waals surface area contributed by atoms with Gasteiger partial charge in [-0.3, -0.25) is 4.79 Å². The first-order chi connectivity index (χ1) is 13.6. The maximum Gasteiger partial charge on any atom is 0.223 e. The molecule has 4 rings (SSSR count). The summed E-state index contributed by atoms with van der Waals surface area (Å²) in [5.74, 6) is 1.93. The van der Waals surface area contributed by atoms with Crippen LogP contribution in [0.5, 0.6) is 0 Å². The number of anilines is 1. The van der Waals surface area contributed by atoms with Gasteiger partial charge in [-0.15, -0.1) is 0 Å². The average molecular weight is 380 g/mol. The van der Waals surface area contributed by atoms with Gasteiger partial charge in [-0.1, -0.05) is 30.3 Å². The standard InChI is InChI=1S/C22H28N4O2/c1-15(27)14-23-22(28)17-10-12-26(13-11-17)21-18-8-5-9-19(18)24-20(25-21)16-6-3-2-4-7-16/h2-4,6-7,15,17,27H,5,8-14H2,1H3,(H,23,28)/t15-/m0/s1. The molecule has 2 aromatic rings. The quantitative estimate of drug-likeness (QED) is 0.833. The van der Waals surface area contributed by atoms with E-state index in [2.05, 4.69) is 22.3 Å². The lowest BCUT2D eigenvalue weighted by molar-refractivity contribution is -0.126. The average Bonchev–Trinajstić information content (AvgIpc) is 3.21. The Balaban J connectivity index is 1.51. The fourth-order valence-electron chi connectivity index (χ4n) is 4.14. The van der Waals surface area contributed by atoms with Gasteiger partial charge in [0.2, 0.25) is 5.91 Å². The van der Waals surface area contributed by atoms with Crippen LogP contribution in [0.3, 0.4) is 0 Å². The van der Waals surface area contributed by atoms with Crippen molar-refractivity contribution in [2.75, 3.05) is 24.5 Å². The van der Waals surface area contributed by atoms with Crippen LogP contribution in [0.2, 0.25) is 0 Å². The Morgan fingerprint density at radius 2 is 1.96 bits per heavy atom. The van der Waals surface area contributed by atoms with Gasteiger partial charge in [0.25, 0.3) is 0 Å². The van der Waals surface area contributed by atoms with Gasteiger partial charge in [-0.25, -0.2) is 9.97 Å². The zero-order valence-corrected chi connectivity index (χ0v) is 16.4. The summed E-state index contributed by atoms with van der Waals surface area (Å²) in [6.45, 7) is 3.65. The third-order valence-electron chi connectivity index (χ3n) is 5.68. The molecule has 2 heterocycles. The SMILES string of the molecule is C[C@H](O)CNC(=O)C1CCN(c2nc(-c3ccccc3)nc3c2CCC3)CC1. The molecule has 1 amide bonds. The molecular formula is C22H28N4O2. The second-order valence-corrected chi connectivity index (χ2v) is 7.87. The summed E-state index contributed by atoms with van der Waals surface area (Å²) in [4.78, 5) is 24.4. The van der Waals surface area contributed by atoms with E-state index >= 15 is 0 Å². The highest BCUT2D eigenvalue weighted by Gasteiger charge is 2.29. The molecule has 2 aliphatic rings. The molecular weight excluding hydrogens is 352 g/mol. The first kappa shape index (κ1) is 18.9. The van der Waals surface area contributed by atoms with Gasteiger partial charge in [0, 0.05) is 42.4 Å². The molecule has 1 saturated heterocycles. The number of nitrogens with zero attached hydrogens (tertiary/aromatic N) is 3. The van der Waals surface area contributed by atoms with Crippen LogP contribution in [0, 0.1) is 5.92 Å². The lowest BCUT2D eigenvalue weighted by Crippen LogP contribution is -2.42. The molecule has 1 aliphatic carbocycles. The summed E-state index contributed by atoms with van der Waals surface area (Å²) >= 11 is 0. The highest BCUT2D eigenvalue weighted by Crippen LogP contribution is 2.33. The second-order valence-electron chi connectivity index (χ2n) is 7.87. The highest BCUT2D eigenvalue weighted by atomic mass is 16.3. The number of piperidine rings is 1. The number of hydrogen-bond donors (Lipinski definition) is 2. The summed E-state index contributed by atoms with van der Waals surface area (Å²) in [5.41, 5.74) is 3.52. The third-order valence-corrected chi connectivity index (χ3v) is 5.68. The van der Waals surface area contributed by atoms with E-state index in [0.717, 1.165) is 62.4 Å². The van der Waals surface area contributed by atoms with Crippen LogP contribution in [-0.2, 0) is 17.6 Å². The van der Waals surface area contributed by atoms with Crippen LogP contribution in [0.4, 0.5) is 5.82 Å². The van der Waals surface area contributed by atoms with Gasteiger partial charge in [-0.05, 0) is 39.0 Å². The van der Waals surface area contributed by atoms with Gasteiger partial charge < -0.3 is 15.3 Å². The largest absolute Gasteiger partial charge is 0.392 e. The highest BCUT2D eigenvalue weighted by molar-refractivity contribution is 5.79. The number of aliphatic hydroxyl groups is 1. The topological polar surface area (TPSA) is 78.4 Å². The van der Waals surface area contributed by atoms with E-state index in [0.29, 0.717) is 6.54 Å². The first-order valence-corrected chi connectivity index (χ1v) is 10.3. The lowest BCUT2D eigenvalue weighted by Gasteiger charge is -2.33. The monoisotopic (exact) mass is 380 g/mol. The number of benzene rings is 1. The minimum Gasteiger partial charge on any atom is -0.392 e. The Kier molecular flexibility index (Phi) is 5.57. The Bertz CT molecular complexity index is 830. The van der Waals surface area contributed by atoms with Crippen molar-refractivity contribution in [1.29, 1.82) is 0 Å². The maximum absolute atomic E-state index is 12.3. The molecule has 6 nitrogen and oxygen atoms in total. The zero-order chi connectivity index (χ0) is 19.5. The van der Waals surface area contributed by atoms with Crippen molar-refractivity contribution >= 4 is 11.7 Å². The van der Waals surface area contributed by atoms with E-state index in [4.69, 9.17) is 9.97 Å². The van der Waals surface area contributed by atoms with E-state index in [9.17, 15) is 9.90 Å². The van der Waals surface area contributed by atoms with Crippen LogP contribution >= 0.6 is 0 Å². The van der Waals surface area contributed by atoms with Crippen molar-refractivity contribution in [3.05, 3.63) is 41.6 Å². The molecule has 0 unspecified atom stereocenters. The molecule has 2 N–H and O–H groups in total. The molecule has 28 heavy (non-hydrogen) atoms. The van der Waals surface area contributed by atoms with Crippen molar-refractivity contribution < 1.29 is 9.90 Å². The Morgan fingerprint density at radius 1 is 1.21 bits per heavy atom. The van der Waals surface area contributed by atoms with Crippen LogP contribution in [-0.4, -0.2) is 46.7 Å². The second kappa shape index (κ2) is 8.27. The molecule has 0 spiro atoms. The van der Waals surface area contributed by atoms with E-state index in [1.807, 2.05) is 18.2 Å². The van der Waals surface area contributed by atoms with Crippen LogP contribution < -0.4 is 10.2 Å². The number of nitrogens with one attached hydrogen (secondary N) is 1. The molecule has 1 fully saturated rings. The number of aromatic nitrogens is 2. The number of aryl methyl sites for hydroxylation is 1. The van der Waals surface area contributed by atoms with Gasteiger partial charge in [0.1, 0.15) is 5.82 Å².